The van der Waals surface area contributed by atoms with E-state index < -0.39 is 0 Å². The van der Waals surface area contributed by atoms with Gasteiger partial charge >= 0.3 is 0 Å². The van der Waals surface area contributed by atoms with Crippen LogP contribution in [0.25, 0.3) is 11.4 Å². The van der Waals surface area contributed by atoms with Gasteiger partial charge in [-0.25, -0.2) is 4.98 Å². The van der Waals surface area contributed by atoms with E-state index >= 15 is 0 Å². The van der Waals surface area contributed by atoms with Crippen LogP contribution in [0.3, 0.4) is 0 Å². The maximum atomic E-state index is 11.9. The number of amides is 1. The zero-order valence-electron chi connectivity index (χ0n) is 12.1. The number of carbonyl (C=O) groups is 1. The van der Waals surface area contributed by atoms with Gasteiger partial charge in [-0.05, 0) is 24.3 Å². The predicted octanol–water partition coefficient (Wildman–Crippen LogP) is 1.08. The number of hydrogen-bond donors (Lipinski definition) is 2. The van der Waals surface area contributed by atoms with Gasteiger partial charge in [0.2, 0.25) is 11.7 Å². The molecule has 3 N–H and O–H groups in total. The highest BCUT2D eigenvalue weighted by Gasteiger charge is 2.10. The molecule has 3 aromatic rings. The van der Waals surface area contributed by atoms with Gasteiger partial charge in [0.05, 0.1) is 5.56 Å². The summed E-state index contributed by atoms with van der Waals surface area (Å²) < 4.78 is 5.15. The standard InChI is InChI=1S/C15H14N6O2/c16-12-4-3-11(9-19-12)15(22)18-7-5-13-20-14(21-23-13)10-2-1-6-17-8-10/h1-4,6,8-9H,5,7H2,(H2,16,19)(H,18,22). The molecular weight excluding hydrogens is 296 g/mol. The Morgan fingerprint density at radius 2 is 2.17 bits per heavy atom. The monoisotopic (exact) mass is 310 g/mol. The molecule has 0 aromatic carbocycles. The van der Waals surface area contributed by atoms with Gasteiger partial charge in [0.15, 0.2) is 0 Å². The second kappa shape index (κ2) is 6.65. The zero-order valence-corrected chi connectivity index (χ0v) is 12.1. The number of nitrogen functional groups attached to an aromatic ring is 1. The Labute approximate surface area is 131 Å². The van der Waals surface area contributed by atoms with Crippen molar-refractivity contribution in [1.29, 1.82) is 0 Å². The number of pyridine rings is 2. The summed E-state index contributed by atoms with van der Waals surface area (Å²) in [7, 11) is 0. The third-order valence-electron chi connectivity index (χ3n) is 3.06. The fourth-order valence-electron chi connectivity index (χ4n) is 1.89. The van der Waals surface area contributed by atoms with Crippen molar-refractivity contribution in [3.63, 3.8) is 0 Å². The van der Waals surface area contributed by atoms with E-state index in [9.17, 15) is 4.79 Å². The van der Waals surface area contributed by atoms with Gasteiger partial charge < -0.3 is 15.6 Å². The number of nitrogens with one attached hydrogen (secondary N) is 1. The quantitative estimate of drug-likeness (QED) is 0.723. The van der Waals surface area contributed by atoms with Crippen LogP contribution in [0, 0.1) is 0 Å². The molecule has 3 heterocycles. The summed E-state index contributed by atoms with van der Waals surface area (Å²) in [5.74, 6) is 1.06. The van der Waals surface area contributed by atoms with Gasteiger partial charge in [-0.3, -0.25) is 9.78 Å². The first-order valence-corrected chi connectivity index (χ1v) is 6.95. The third-order valence-corrected chi connectivity index (χ3v) is 3.06. The molecule has 116 valence electrons. The van der Waals surface area contributed by atoms with Crippen molar-refractivity contribution in [1.82, 2.24) is 25.4 Å². The first-order chi connectivity index (χ1) is 11.2. The van der Waals surface area contributed by atoms with Crippen molar-refractivity contribution in [2.24, 2.45) is 0 Å². The summed E-state index contributed by atoms with van der Waals surface area (Å²) in [6.45, 7) is 0.373. The number of nitrogens with two attached hydrogens (primary N) is 1. The van der Waals surface area contributed by atoms with Gasteiger partial charge in [-0.15, -0.1) is 0 Å². The van der Waals surface area contributed by atoms with Crippen molar-refractivity contribution < 1.29 is 9.32 Å². The van der Waals surface area contributed by atoms with Gasteiger partial charge in [-0.1, -0.05) is 5.16 Å². The average molecular weight is 310 g/mol. The Kier molecular flexibility index (Phi) is 4.23. The SMILES string of the molecule is Nc1ccc(C(=O)NCCc2nc(-c3cccnc3)no2)cn1. The molecule has 0 fully saturated rings. The lowest BCUT2D eigenvalue weighted by Gasteiger charge is -2.03. The van der Waals surface area contributed by atoms with Crippen LogP contribution in [0.4, 0.5) is 5.82 Å². The van der Waals surface area contributed by atoms with Gasteiger partial charge in [0.25, 0.3) is 5.91 Å². The molecule has 3 aromatic heterocycles. The Morgan fingerprint density at radius 1 is 1.26 bits per heavy atom. The van der Waals surface area contributed by atoms with E-state index in [-0.39, 0.29) is 5.91 Å². The fourth-order valence-corrected chi connectivity index (χ4v) is 1.89. The van der Waals surface area contributed by atoms with Crippen LogP contribution in [0.2, 0.25) is 0 Å². The van der Waals surface area contributed by atoms with Crippen LogP contribution in [0.15, 0.2) is 47.4 Å². The summed E-state index contributed by atoms with van der Waals surface area (Å²) in [6.07, 6.45) is 5.19. The fraction of sp³-hybridized carbons (Fsp3) is 0.133. The van der Waals surface area contributed by atoms with Gasteiger partial charge in [0.1, 0.15) is 5.82 Å². The molecule has 0 saturated heterocycles. The number of carbonyl (C=O) groups excluding carboxylic acids is 1. The Hall–Kier alpha value is -3.29. The van der Waals surface area contributed by atoms with Crippen LogP contribution in [-0.4, -0.2) is 32.6 Å². The first-order valence-electron chi connectivity index (χ1n) is 6.95. The summed E-state index contributed by atoms with van der Waals surface area (Å²) in [5, 5.41) is 6.65. The zero-order chi connectivity index (χ0) is 16.1. The number of rotatable bonds is 5. The molecule has 1 amide bonds. The number of anilines is 1. The molecule has 8 nitrogen and oxygen atoms in total. The Bertz CT molecular complexity index is 785. The minimum atomic E-state index is -0.232. The molecule has 0 bridgehead atoms. The number of nitrogens with zero attached hydrogens (tertiary/aromatic N) is 4. The third kappa shape index (κ3) is 3.67. The maximum absolute atomic E-state index is 11.9. The normalized spacial score (nSPS) is 10.4. The highest BCUT2D eigenvalue weighted by atomic mass is 16.5. The topological polar surface area (TPSA) is 120 Å². The van der Waals surface area contributed by atoms with Crippen LogP contribution in [0.1, 0.15) is 16.2 Å². The molecule has 0 atom stereocenters. The molecule has 0 aliphatic heterocycles. The maximum Gasteiger partial charge on any atom is 0.252 e. The minimum Gasteiger partial charge on any atom is -0.384 e. The van der Waals surface area contributed by atoms with E-state index in [1.54, 1.807) is 30.6 Å². The largest absolute Gasteiger partial charge is 0.384 e. The molecular formula is C15H14N6O2. The second-order valence-electron chi connectivity index (χ2n) is 4.73. The summed E-state index contributed by atoms with van der Waals surface area (Å²) in [5.41, 5.74) is 6.70. The highest BCUT2D eigenvalue weighted by molar-refractivity contribution is 5.93. The van der Waals surface area contributed by atoms with E-state index in [1.807, 2.05) is 6.07 Å². The lowest BCUT2D eigenvalue weighted by Crippen LogP contribution is -2.25. The van der Waals surface area contributed by atoms with E-state index in [1.165, 1.54) is 6.20 Å². The Morgan fingerprint density at radius 3 is 2.91 bits per heavy atom. The van der Waals surface area contributed by atoms with Crippen molar-refractivity contribution >= 4 is 11.7 Å². The molecule has 23 heavy (non-hydrogen) atoms. The predicted molar refractivity (Wildman–Crippen MR) is 82.2 cm³/mol. The lowest BCUT2D eigenvalue weighted by molar-refractivity contribution is 0.0953. The van der Waals surface area contributed by atoms with E-state index in [0.29, 0.717) is 36.1 Å². The van der Waals surface area contributed by atoms with Crippen molar-refractivity contribution in [2.45, 2.75) is 6.42 Å². The summed E-state index contributed by atoms with van der Waals surface area (Å²) in [4.78, 5) is 24.0. The van der Waals surface area contributed by atoms with Crippen LogP contribution >= 0.6 is 0 Å². The highest BCUT2D eigenvalue weighted by Crippen LogP contribution is 2.13. The number of hydrogen-bond acceptors (Lipinski definition) is 7. The van der Waals surface area contributed by atoms with Crippen LogP contribution in [-0.2, 0) is 6.42 Å². The summed E-state index contributed by atoms with van der Waals surface area (Å²) in [6, 6.07) is 6.84. The van der Waals surface area contributed by atoms with Crippen LogP contribution < -0.4 is 11.1 Å². The second-order valence-corrected chi connectivity index (χ2v) is 4.73. The molecule has 0 aliphatic rings. The smallest absolute Gasteiger partial charge is 0.252 e. The molecule has 0 saturated carbocycles. The van der Waals surface area contributed by atoms with Crippen molar-refractivity contribution in [2.75, 3.05) is 12.3 Å². The van der Waals surface area contributed by atoms with Crippen molar-refractivity contribution in [3.8, 4) is 11.4 Å². The average Bonchev–Trinajstić information content (AvgIpc) is 3.05. The Balaban J connectivity index is 1.54. The molecule has 0 spiro atoms. The molecule has 8 heteroatoms. The lowest BCUT2D eigenvalue weighted by atomic mass is 10.2. The van der Waals surface area contributed by atoms with Gasteiger partial charge in [-0.2, -0.15) is 4.98 Å². The van der Waals surface area contributed by atoms with Crippen LogP contribution in [0.5, 0.6) is 0 Å². The van der Waals surface area contributed by atoms with Crippen molar-refractivity contribution in [3.05, 3.63) is 54.3 Å². The molecule has 0 unspecified atom stereocenters. The first kappa shape index (κ1) is 14.6. The summed E-state index contributed by atoms with van der Waals surface area (Å²) >= 11 is 0. The molecule has 3 rings (SSSR count). The number of aromatic nitrogens is 4. The van der Waals surface area contributed by atoms with E-state index in [2.05, 4.69) is 25.4 Å². The molecule has 0 radical (unpaired) electrons. The van der Waals surface area contributed by atoms with E-state index in [4.69, 9.17) is 10.3 Å². The minimum absolute atomic E-state index is 0.232. The molecule has 0 aliphatic carbocycles. The van der Waals surface area contributed by atoms with E-state index in [0.717, 1.165) is 5.56 Å². The van der Waals surface area contributed by atoms with Gasteiger partial charge in [0, 0.05) is 37.1 Å².